The van der Waals surface area contributed by atoms with Crippen LogP contribution in [0.25, 0.3) is 0 Å². The van der Waals surface area contributed by atoms with Gasteiger partial charge in [-0.05, 0) is 30.9 Å². The number of furan rings is 1. The fourth-order valence-corrected chi connectivity index (χ4v) is 2.10. The first-order valence-corrected chi connectivity index (χ1v) is 5.22. The number of fused-ring (bicyclic) bond motifs is 1. The maximum atomic E-state index is 11.2. The normalized spacial score (nSPS) is 24.9. The molecule has 0 bridgehead atoms. The van der Waals surface area contributed by atoms with E-state index in [1.807, 2.05) is 13.0 Å². The largest absolute Gasteiger partial charge is 0.480 e. The van der Waals surface area contributed by atoms with Crippen LogP contribution in [0.3, 0.4) is 0 Å². The molecule has 3 N–H and O–H groups in total. The Kier molecular flexibility index (Phi) is 2.31. The first-order valence-electron chi connectivity index (χ1n) is 5.22. The standard InChI is InChI=1S/C11H15NO3/c1-2-8-6-7-4-3-5-11(12,10(13)14)9(7)15-8/h6H,2-5,12H2,1H3,(H,13,14). The van der Waals surface area contributed by atoms with Gasteiger partial charge < -0.3 is 15.3 Å². The van der Waals surface area contributed by atoms with E-state index >= 15 is 0 Å². The number of carbonyl (C=O) groups is 1. The molecule has 0 saturated carbocycles. The van der Waals surface area contributed by atoms with Gasteiger partial charge in [-0.2, -0.15) is 0 Å². The summed E-state index contributed by atoms with van der Waals surface area (Å²) in [7, 11) is 0. The lowest BCUT2D eigenvalue weighted by atomic mass is 9.82. The lowest BCUT2D eigenvalue weighted by molar-refractivity contribution is -0.145. The Bertz CT molecular complexity index is 397. The number of hydrogen-bond acceptors (Lipinski definition) is 3. The fourth-order valence-electron chi connectivity index (χ4n) is 2.10. The van der Waals surface area contributed by atoms with Crippen molar-refractivity contribution in [1.29, 1.82) is 0 Å². The van der Waals surface area contributed by atoms with Crippen LogP contribution in [0.4, 0.5) is 0 Å². The molecule has 2 rings (SSSR count). The van der Waals surface area contributed by atoms with Crippen LogP contribution in [-0.2, 0) is 23.2 Å². The van der Waals surface area contributed by atoms with Crippen molar-refractivity contribution in [3.63, 3.8) is 0 Å². The Morgan fingerprint density at radius 1 is 1.73 bits per heavy atom. The topological polar surface area (TPSA) is 76.5 Å². The molecule has 0 amide bonds. The SMILES string of the molecule is CCc1cc2c(o1)C(N)(C(=O)O)CCC2. The van der Waals surface area contributed by atoms with E-state index in [9.17, 15) is 4.79 Å². The third-order valence-corrected chi connectivity index (χ3v) is 3.01. The Labute approximate surface area is 88.1 Å². The molecule has 1 aromatic rings. The van der Waals surface area contributed by atoms with Gasteiger partial charge in [0.15, 0.2) is 5.54 Å². The summed E-state index contributed by atoms with van der Waals surface area (Å²) in [5.41, 5.74) is 5.53. The van der Waals surface area contributed by atoms with Gasteiger partial charge in [-0.25, -0.2) is 4.79 Å². The maximum absolute atomic E-state index is 11.2. The Morgan fingerprint density at radius 3 is 3.07 bits per heavy atom. The molecular formula is C11H15NO3. The number of aryl methyl sites for hydroxylation is 2. The van der Waals surface area contributed by atoms with Crippen molar-refractivity contribution in [2.45, 2.75) is 38.1 Å². The number of aliphatic carboxylic acids is 1. The molecular weight excluding hydrogens is 194 g/mol. The summed E-state index contributed by atoms with van der Waals surface area (Å²) < 4.78 is 5.53. The predicted molar refractivity (Wildman–Crippen MR) is 54.5 cm³/mol. The first kappa shape index (κ1) is 10.2. The van der Waals surface area contributed by atoms with E-state index in [0.717, 1.165) is 30.6 Å². The van der Waals surface area contributed by atoms with Crippen molar-refractivity contribution in [2.24, 2.45) is 5.73 Å². The van der Waals surface area contributed by atoms with Crippen molar-refractivity contribution < 1.29 is 14.3 Å². The molecule has 0 fully saturated rings. The highest BCUT2D eigenvalue weighted by Crippen LogP contribution is 2.35. The minimum absolute atomic E-state index is 0.450. The van der Waals surface area contributed by atoms with Crippen LogP contribution in [0.5, 0.6) is 0 Å². The molecule has 0 aromatic carbocycles. The third kappa shape index (κ3) is 1.45. The van der Waals surface area contributed by atoms with Crippen molar-refractivity contribution in [1.82, 2.24) is 0 Å². The van der Waals surface area contributed by atoms with E-state index in [4.69, 9.17) is 15.3 Å². The minimum Gasteiger partial charge on any atom is -0.480 e. The van der Waals surface area contributed by atoms with E-state index in [-0.39, 0.29) is 0 Å². The van der Waals surface area contributed by atoms with Gasteiger partial charge in [0.25, 0.3) is 0 Å². The van der Waals surface area contributed by atoms with Gasteiger partial charge >= 0.3 is 5.97 Å². The van der Waals surface area contributed by atoms with E-state index in [2.05, 4.69) is 0 Å². The van der Waals surface area contributed by atoms with Crippen LogP contribution in [0.2, 0.25) is 0 Å². The smallest absolute Gasteiger partial charge is 0.331 e. The molecule has 1 aliphatic rings. The van der Waals surface area contributed by atoms with Crippen molar-refractivity contribution in [3.05, 3.63) is 23.2 Å². The Morgan fingerprint density at radius 2 is 2.47 bits per heavy atom. The van der Waals surface area contributed by atoms with E-state index in [1.165, 1.54) is 0 Å². The molecule has 0 radical (unpaired) electrons. The number of carboxylic acid groups (broad SMARTS) is 1. The molecule has 1 aromatic heterocycles. The zero-order valence-electron chi connectivity index (χ0n) is 8.75. The van der Waals surface area contributed by atoms with Gasteiger partial charge in [0.1, 0.15) is 11.5 Å². The van der Waals surface area contributed by atoms with Gasteiger partial charge in [-0.15, -0.1) is 0 Å². The van der Waals surface area contributed by atoms with Crippen LogP contribution < -0.4 is 5.73 Å². The van der Waals surface area contributed by atoms with E-state index in [1.54, 1.807) is 0 Å². The van der Waals surface area contributed by atoms with Gasteiger partial charge in [-0.1, -0.05) is 6.92 Å². The summed E-state index contributed by atoms with van der Waals surface area (Å²) in [6.07, 6.45) is 2.89. The van der Waals surface area contributed by atoms with Crippen LogP contribution in [0.1, 0.15) is 36.8 Å². The van der Waals surface area contributed by atoms with Crippen LogP contribution >= 0.6 is 0 Å². The summed E-state index contributed by atoms with van der Waals surface area (Å²) in [6.45, 7) is 1.98. The number of hydrogen-bond donors (Lipinski definition) is 2. The van der Waals surface area contributed by atoms with Crippen molar-refractivity contribution >= 4 is 5.97 Å². The highest BCUT2D eigenvalue weighted by Gasteiger charge is 2.43. The molecule has 82 valence electrons. The lowest BCUT2D eigenvalue weighted by Gasteiger charge is -2.27. The third-order valence-electron chi connectivity index (χ3n) is 3.01. The zero-order valence-corrected chi connectivity index (χ0v) is 8.75. The number of carboxylic acids is 1. The van der Waals surface area contributed by atoms with Crippen LogP contribution in [0.15, 0.2) is 10.5 Å². The summed E-state index contributed by atoms with van der Waals surface area (Å²) >= 11 is 0. The summed E-state index contributed by atoms with van der Waals surface area (Å²) in [5, 5.41) is 9.14. The minimum atomic E-state index is -1.32. The molecule has 4 nitrogen and oxygen atoms in total. The first-order chi connectivity index (χ1) is 7.08. The lowest BCUT2D eigenvalue weighted by Crippen LogP contribution is -2.46. The molecule has 4 heteroatoms. The summed E-state index contributed by atoms with van der Waals surface area (Å²) in [4.78, 5) is 11.2. The van der Waals surface area contributed by atoms with Crippen molar-refractivity contribution in [3.8, 4) is 0 Å². The number of nitrogens with two attached hydrogens (primary N) is 1. The maximum Gasteiger partial charge on any atom is 0.331 e. The van der Waals surface area contributed by atoms with Crippen molar-refractivity contribution in [2.75, 3.05) is 0 Å². The van der Waals surface area contributed by atoms with E-state index < -0.39 is 11.5 Å². The molecule has 15 heavy (non-hydrogen) atoms. The summed E-state index contributed by atoms with van der Waals surface area (Å²) in [5.74, 6) is 0.275. The van der Waals surface area contributed by atoms with Gasteiger partial charge in [-0.3, -0.25) is 0 Å². The van der Waals surface area contributed by atoms with Crippen LogP contribution in [0, 0.1) is 0 Å². The van der Waals surface area contributed by atoms with Gasteiger partial charge in [0, 0.05) is 6.42 Å². The molecule has 0 aliphatic heterocycles. The quantitative estimate of drug-likeness (QED) is 0.772. The fraction of sp³-hybridized carbons (Fsp3) is 0.545. The van der Waals surface area contributed by atoms with Crippen LogP contribution in [-0.4, -0.2) is 11.1 Å². The highest BCUT2D eigenvalue weighted by molar-refractivity contribution is 5.80. The highest BCUT2D eigenvalue weighted by atomic mass is 16.4. The number of rotatable bonds is 2. The zero-order chi connectivity index (χ0) is 11.1. The van der Waals surface area contributed by atoms with E-state index in [0.29, 0.717) is 12.2 Å². The average Bonchev–Trinajstić information content (AvgIpc) is 2.62. The second kappa shape index (κ2) is 3.38. The van der Waals surface area contributed by atoms with Gasteiger partial charge in [0.2, 0.25) is 0 Å². The Hall–Kier alpha value is -1.29. The van der Waals surface area contributed by atoms with Gasteiger partial charge in [0.05, 0.1) is 0 Å². The molecule has 0 spiro atoms. The molecule has 1 unspecified atom stereocenters. The molecule has 1 atom stereocenters. The molecule has 1 heterocycles. The predicted octanol–water partition coefficient (Wildman–Crippen LogP) is 1.42. The second-order valence-corrected chi connectivity index (χ2v) is 4.05. The molecule has 0 saturated heterocycles. The Balaban J connectivity index is 2.50. The average molecular weight is 209 g/mol. The monoisotopic (exact) mass is 209 g/mol. The second-order valence-electron chi connectivity index (χ2n) is 4.05. The molecule has 1 aliphatic carbocycles. The summed E-state index contributed by atoms with van der Waals surface area (Å²) in [6, 6.07) is 1.93.